The van der Waals surface area contributed by atoms with E-state index >= 15 is 0 Å². The van der Waals surface area contributed by atoms with Crippen LogP contribution in [0.15, 0.2) is 36.6 Å². The predicted octanol–water partition coefficient (Wildman–Crippen LogP) is 4.87. The van der Waals surface area contributed by atoms with Gasteiger partial charge >= 0.3 is 0 Å². The summed E-state index contributed by atoms with van der Waals surface area (Å²) in [4.78, 5) is 0. The van der Waals surface area contributed by atoms with Gasteiger partial charge in [-0.1, -0.05) is 26.5 Å². The van der Waals surface area contributed by atoms with Crippen molar-refractivity contribution in [1.29, 1.82) is 0 Å². The largest absolute Gasteiger partial charge is 0.497 e. The van der Waals surface area contributed by atoms with Gasteiger partial charge in [-0.3, -0.25) is 0 Å². The van der Waals surface area contributed by atoms with Crippen molar-refractivity contribution in [1.82, 2.24) is 0 Å². The minimum atomic E-state index is -0.732. The first-order valence-electron chi connectivity index (χ1n) is 9.70. The highest BCUT2D eigenvalue weighted by Gasteiger charge is 2.61. The van der Waals surface area contributed by atoms with E-state index in [-0.39, 0.29) is 5.41 Å². The molecule has 2 heteroatoms. The van der Waals surface area contributed by atoms with Gasteiger partial charge in [0.2, 0.25) is 0 Å². The smallest absolute Gasteiger partial charge is 0.119 e. The minimum absolute atomic E-state index is 0.0446. The molecule has 0 radical (unpaired) electrons. The molecule has 3 aliphatic rings. The number of benzene rings is 1. The summed E-state index contributed by atoms with van der Waals surface area (Å²) in [5.41, 5.74) is 5.10. The lowest BCUT2D eigenvalue weighted by Crippen LogP contribution is -2.51. The number of hydrogen-bond acceptors (Lipinski definition) is 2. The summed E-state index contributed by atoms with van der Waals surface area (Å²) >= 11 is 0. The van der Waals surface area contributed by atoms with Gasteiger partial charge in [-0.25, -0.2) is 0 Å². The van der Waals surface area contributed by atoms with E-state index < -0.39 is 5.60 Å². The first kappa shape index (κ1) is 16.9. The lowest BCUT2D eigenvalue weighted by molar-refractivity contribution is -0.0790. The fraction of sp³-hybridized carbons (Fsp3) is 0.609. The second-order valence-corrected chi connectivity index (χ2v) is 8.80. The summed E-state index contributed by atoms with van der Waals surface area (Å²) in [6.45, 7) is 8.45. The van der Waals surface area contributed by atoms with Gasteiger partial charge in [0.1, 0.15) is 5.75 Å². The van der Waals surface area contributed by atoms with Crippen LogP contribution in [0.25, 0.3) is 0 Å². The van der Waals surface area contributed by atoms with E-state index in [1.54, 1.807) is 7.11 Å². The third-order valence-electron chi connectivity index (χ3n) is 7.84. The zero-order valence-electron chi connectivity index (χ0n) is 15.7. The maximum Gasteiger partial charge on any atom is 0.119 e. The van der Waals surface area contributed by atoms with Crippen molar-refractivity contribution in [2.45, 2.75) is 57.5 Å². The number of fused-ring (bicyclic) bond motifs is 5. The number of rotatable bonds is 2. The second kappa shape index (κ2) is 5.76. The number of aliphatic hydroxyl groups is 1. The Morgan fingerprint density at radius 3 is 2.84 bits per heavy atom. The van der Waals surface area contributed by atoms with Gasteiger partial charge in [0.05, 0.1) is 12.7 Å². The van der Waals surface area contributed by atoms with Crippen molar-refractivity contribution in [3.8, 4) is 5.75 Å². The number of methoxy groups -OCH3 is 1. The molecule has 2 nitrogen and oxygen atoms in total. The Morgan fingerprint density at radius 2 is 2.12 bits per heavy atom. The predicted molar refractivity (Wildman–Crippen MR) is 101 cm³/mol. The SMILES string of the molecule is C=C=C[C@]1(O)CC[C@H]2[C@@H]3[C@H](C)Cc4cc(OC)ccc4[C@H]3CC[C@@]21C. The van der Waals surface area contributed by atoms with Crippen molar-refractivity contribution in [3.05, 3.63) is 47.7 Å². The molecule has 1 N–H and O–H groups in total. The summed E-state index contributed by atoms with van der Waals surface area (Å²) in [5, 5.41) is 11.3. The quantitative estimate of drug-likeness (QED) is 0.780. The van der Waals surface area contributed by atoms with Crippen LogP contribution >= 0.6 is 0 Å². The van der Waals surface area contributed by atoms with Gasteiger partial charge in [0, 0.05) is 5.41 Å². The molecule has 1 aromatic rings. The first-order valence-corrected chi connectivity index (χ1v) is 9.70. The van der Waals surface area contributed by atoms with Crippen LogP contribution in [0.3, 0.4) is 0 Å². The molecule has 6 atom stereocenters. The normalized spacial score (nSPS) is 41.9. The molecular formula is C23H30O2. The molecule has 0 aliphatic heterocycles. The molecule has 0 spiro atoms. The Hall–Kier alpha value is -1.50. The fourth-order valence-corrected chi connectivity index (χ4v) is 6.54. The van der Waals surface area contributed by atoms with Crippen LogP contribution in [0, 0.1) is 23.2 Å². The molecular weight excluding hydrogens is 308 g/mol. The van der Waals surface area contributed by atoms with E-state index in [0.29, 0.717) is 23.7 Å². The molecule has 25 heavy (non-hydrogen) atoms. The Kier molecular flexibility index (Phi) is 3.90. The first-order chi connectivity index (χ1) is 11.9. The van der Waals surface area contributed by atoms with Gasteiger partial charge in [0.25, 0.3) is 0 Å². The molecule has 4 rings (SSSR count). The van der Waals surface area contributed by atoms with E-state index in [9.17, 15) is 5.11 Å². The van der Waals surface area contributed by atoms with E-state index in [1.165, 1.54) is 11.1 Å². The average Bonchev–Trinajstić information content (AvgIpc) is 2.86. The van der Waals surface area contributed by atoms with Gasteiger partial charge in [-0.2, -0.15) is 0 Å². The van der Waals surface area contributed by atoms with Gasteiger partial charge < -0.3 is 9.84 Å². The van der Waals surface area contributed by atoms with Crippen molar-refractivity contribution >= 4 is 0 Å². The Balaban J connectivity index is 1.74. The molecule has 0 aromatic heterocycles. The van der Waals surface area contributed by atoms with E-state index in [2.05, 4.69) is 44.4 Å². The van der Waals surface area contributed by atoms with Crippen LogP contribution < -0.4 is 4.74 Å². The molecule has 2 saturated carbocycles. The summed E-state index contributed by atoms with van der Waals surface area (Å²) in [7, 11) is 1.75. The lowest BCUT2D eigenvalue weighted by atomic mass is 9.51. The highest BCUT2D eigenvalue weighted by atomic mass is 16.5. The Morgan fingerprint density at radius 1 is 1.32 bits per heavy atom. The van der Waals surface area contributed by atoms with Gasteiger partial charge in [-0.05, 0) is 85.1 Å². The van der Waals surface area contributed by atoms with Crippen LogP contribution in [0.2, 0.25) is 0 Å². The van der Waals surface area contributed by atoms with Crippen molar-refractivity contribution in [3.63, 3.8) is 0 Å². The second-order valence-electron chi connectivity index (χ2n) is 8.80. The summed E-state index contributed by atoms with van der Waals surface area (Å²) in [5.74, 6) is 3.47. The van der Waals surface area contributed by atoms with E-state index in [0.717, 1.165) is 37.9 Å². The monoisotopic (exact) mass is 338 g/mol. The van der Waals surface area contributed by atoms with Crippen LogP contribution in [-0.2, 0) is 6.42 Å². The molecule has 0 heterocycles. The topological polar surface area (TPSA) is 29.5 Å². The maximum absolute atomic E-state index is 11.3. The highest BCUT2D eigenvalue weighted by molar-refractivity contribution is 5.41. The summed E-state index contributed by atoms with van der Waals surface area (Å²) in [6.07, 6.45) is 7.17. The number of ether oxygens (including phenoxy) is 1. The molecule has 0 unspecified atom stereocenters. The van der Waals surface area contributed by atoms with Crippen molar-refractivity contribution < 1.29 is 9.84 Å². The maximum atomic E-state index is 11.3. The number of hydrogen-bond donors (Lipinski definition) is 1. The standard InChI is InChI=1S/C23H30O2/c1-5-10-23(24)12-9-20-21-15(2)13-16-14-17(25-4)6-7-18(16)19(21)8-11-22(20,23)3/h6-7,10,14-15,19-21,24H,1,8-9,11-13H2,2-4H3/t15-,19-,20+,21-,22+,23+/m1/s1. The highest BCUT2D eigenvalue weighted by Crippen LogP contribution is 2.65. The minimum Gasteiger partial charge on any atom is -0.497 e. The average molecular weight is 338 g/mol. The molecule has 1 aromatic carbocycles. The van der Waals surface area contributed by atoms with Gasteiger partial charge in [0.15, 0.2) is 0 Å². The third kappa shape index (κ3) is 2.27. The van der Waals surface area contributed by atoms with Crippen LogP contribution in [0.5, 0.6) is 5.75 Å². The zero-order valence-corrected chi connectivity index (χ0v) is 15.7. The Bertz CT molecular complexity index is 732. The van der Waals surface area contributed by atoms with Crippen LogP contribution in [-0.4, -0.2) is 17.8 Å². The van der Waals surface area contributed by atoms with Crippen molar-refractivity contribution in [2.75, 3.05) is 7.11 Å². The zero-order chi connectivity index (χ0) is 17.8. The molecule has 0 amide bonds. The van der Waals surface area contributed by atoms with E-state index in [4.69, 9.17) is 4.74 Å². The molecule has 2 fully saturated rings. The Labute approximate surface area is 151 Å². The fourth-order valence-electron chi connectivity index (χ4n) is 6.54. The van der Waals surface area contributed by atoms with Crippen LogP contribution in [0.4, 0.5) is 0 Å². The molecule has 134 valence electrons. The molecule has 0 bridgehead atoms. The third-order valence-corrected chi connectivity index (χ3v) is 7.84. The van der Waals surface area contributed by atoms with Gasteiger partial charge in [-0.15, -0.1) is 5.73 Å². The van der Waals surface area contributed by atoms with E-state index in [1.807, 2.05) is 6.08 Å². The lowest BCUT2D eigenvalue weighted by Gasteiger charge is -2.54. The summed E-state index contributed by atoms with van der Waals surface area (Å²) in [6, 6.07) is 6.65. The van der Waals surface area contributed by atoms with Crippen LogP contribution in [0.1, 0.15) is 56.6 Å². The molecule has 3 aliphatic carbocycles. The molecule has 0 saturated heterocycles. The van der Waals surface area contributed by atoms with Crippen molar-refractivity contribution in [2.24, 2.45) is 23.2 Å². The summed E-state index contributed by atoms with van der Waals surface area (Å²) < 4.78 is 5.44.